The summed E-state index contributed by atoms with van der Waals surface area (Å²) in [6.45, 7) is 3.40. The summed E-state index contributed by atoms with van der Waals surface area (Å²) in [4.78, 5) is 14.3. The number of hydrogen-bond acceptors (Lipinski definition) is 4. The first-order chi connectivity index (χ1) is 15.1. The van der Waals surface area contributed by atoms with Crippen LogP contribution in [0.2, 0.25) is 0 Å². The van der Waals surface area contributed by atoms with Crippen LogP contribution >= 0.6 is 0 Å². The molecule has 5 heteroatoms. The van der Waals surface area contributed by atoms with Gasteiger partial charge >= 0.3 is 5.97 Å². The van der Waals surface area contributed by atoms with Crippen LogP contribution in [0.1, 0.15) is 23.6 Å². The zero-order valence-corrected chi connectivity index (χ0v) is 18.0. The molecule has 0 aliphatic carbocycles. The lowest BCUT2D eigenvalue weighted by atomic mass is 10.1. The molecule has 3 aromatic carbocycles. The molecule has 0 bridgehead atoms. The molecule has 5 nitrogen and oxygen atoms in total. The van der Waals surface area contributed by atoms with Gasteiger partial charge in [0.05, 0.1) is 13.7 Å². The van der Waals surface area contributed by atoms with Gasteiger partial charge in [-0.15, -0.1) is 0 Å². The molecule has 0 unspecified atom stereocenters. The van der Waals surface area contributed by atoms with Gasteiger partial charge in [-0.25, -0.2) is 4.79 Å². The van der Waals surface area contributed by atoms with Crippen LogP contribution in [0.4, 0.5) is 0 Å². The molecular weight excluding hydrogens is 390 g/mol. The van der Waals surface area contributed by atoms with E-state index in [2.05, 4.69) is 29.2 Å². The Labute approximate surface area is 183 Å². The van der Waals surface area contributed by atoms with Crippen molar-refractivity contribution in [2.24, 2.45) is 0 Å². The van der Waals surface area contributed by atoms with Crippen molar-refractivity contribution in [2.45, 2.75) is 38.8 Å². The highest BCUT2D eigenvalue weighted by Gasteiger charge is 2.30. The molecule has 0 spiro atoms. The largest absolute Gasteiger partial charge is 0.497 e. The maximum atomic E-state index is 12.1. The fraction of sp³-hybridized carbons (Fsp3) is 0.269. The molecule has 162 valence electrons. The number of carbonyl (C=O) groups is 1. The second-order valence-electron chi connectivity index (χ2n) is 7.53. The number of rotatable bonds is 11. The number of hydrogen-bond donors (Lipinski definition) is 1. The van der Waals surface area contributed by atoms with Crippen molar-refractivity contribution in [2.75, 3.05) is 7.11 Å². The van der Waals surface area contributed by atoms with Gasteiger partial charge in [0.2, 0.25) is 0 Å². The van der Waals surface area contributed by atoms with Crippen LogP contribution in [0.5, 0.6) is 5.75 Å². The number of methoxy groups -OCH3 is 1. The highest BCUT2D eigenvalue weighted by molar-refractivity contribution is 5.73. The zero-order valence-electron chi connectivity index (χ0n) is 18.0. The highest BCUT2D eigenvalue weighted by atomic mass is 16.5. The molecule has 0 aromatic heterocycles. The fourth-order valence-corrected chi connectivity index (χ4v) is 3.50. The Hall–Kier alpha value is -3.15. The molecule has 0 amide bonds. The van der Waals surface area contributed by atoms with Gasteiger partial charge in [0, 0.05) is 19.1 Å². The van der Waals surface area contributed by atoms with E-state index >= 15 is 0 Å². The highest BCUT2D eigenvalue weighted by Crippen LogP contribution is 2.19. The third kappa shape index (κ3) is 6.67. The van der Waals surface area contributed by atoms with Crippen molar-refractivity contribution in [3.63, 3.8) is 0 Å². The summed E-state index contributed by atoms with van der Waals surface area (Å²) < 4.78 is 11.1. The number of aliphatic carboxylic acids is 1. The van der Waals surface area contributed by atoms with Crippen LogP contribution in [0.25, 0.3) is 0 Å². The van der Waals surface area contributed by atoms with E-state index in [1.807, 2.05) is 67.6 Å². The predicted molar refractivity (Wildman–Crippen MR) is 121 cm³/mol. The molecule has 0 saturated heterocycles. The van der Waals surface area contributed by atoms with E-state index in [-0.39, 0.29) is 12.6 Å². The number of carboxylic acid groups (broad SMARTS) is 1. The molecule has 0 radical (unpaired) electrons. The normalized spacial score (nSPS) is 13.0. The molecule has 0 heterocycles. The van der Waals surface area contributed by atoms with Crippen LogP contribution in [0, 0.1) is 0 Å². The van der Waals surface area contributed by atoms with E-state index in [0.717, 1.165) is 22.4 Å². The lowest BCUT2D eigenvalue weighted by Gasteiger charge is -2.33. The molecule has 2 atom stereocenters. The standard InChI is InChI=1S/C26H29NO4/c1-20(25(26(28)29)31-19-23-13-15-24(30-2)16-14-23)27(17-21-9-5-3-6-10-21)18-22-11-7-4-8-12-22/h3-16,20,25H,17-19H2,1-2H3,(H,28,29)/t20-,25+/m0/s1. The van der Waals surface area contributed by atoms with Gasteiger partial charge in [-0.2, -0.15) is 0 Å². The summed E-state index contributed by atoms with van der Waals surface area (Å²) in [6.07, 6.45) is -0.963. The van der Waals surface area contributed by atoms with Crippen molar-refractivity contribution >= 4 is 5.97 Å². The minimum atomic E-state index is -0.966. The zero-order chi connectivity index (χ0) is 22.1. The summed E-state index contributed by atoms with van der Waals surface area (Å²) in [5, 5.41) is 9.91. The number of nitrogens with zero attached hydrogens (tertiary/aromatic N) is 1. The first-order valence-electron chi connectivity index (χ1n) is 10.4. The third-order valence-corrected chi connectivity index (χ3v) is 5.30. The van der Waals surface area contributed by atoms with E-state index in [1.165, 1.54) is 0 Å². The Morgan fingerprint density at radius 3 is 1.81 bits per heavy atom. The summed E-state index contributed by atoms with van der Waals surface area (Å²) in [7, 11) is 1.61. The van der Waals surface area contributed by atoms with E-state index in [1.54, 1.807) is 7.11 Å². The Kier molecular flexibility index (Phi) is 8.21. The SMILES string of the molecule is COc1ccc(CO[C@@H](C(=O)O)[C@H](C)N(Cc2ccccc2)Cc2ccccc2)cc1. The van der Waals surface area contributed by atoms with Crippen LogP contribution in [0.15, 0.2) is 84.9 Å². The Bertz CT molecular complexity index is 887. The van der Waals surface area contributed by atoms with Gasteiger partial charge in [-0.05, 0) is 35.7 Å². The minimum Gasteiger partial charge on any atom is -0.497 e. The fourth-order valence-electron chi connectivity index (χ4n) is 3.50. The molecule has 1 N–H and O–H groups in total. The lowest BCUT2D eigenvalue weighted by molar-refractivity contribution is -0.156. The van der Waals surface area contributed by atoms with Crippen molar-refractivity contribution < 1.29 is 19.4 Å². The van der Waals surface area contributed by atoms with Crippen molar-refractivity contribution in [3.05, 3.63) is 102 Å². The van der Waals surface area contributed by atoms with Gasteiger partial charge in [-0.3, -0.25) is 4.90 Å². The number of benzene rings is 3. The quantitative estimate of drug-likeness (QED) is 0.486. The maximum Gasteiger partial charge on any atom is 0.334 e. The molecule has 0 fully saturated rings. The van der Waals surface area contributed by atoms with Crippen LogP contribution in [0.3, 0.4) is 0 Å². The van der Waals surface area contributed by atoms with E-state index in [9.17, 15) is 9.90 Å². The monoisotopic (exact) mass is 419 g/mol. The summed E-state index contributed by atoms with van der Waals surface area (Å²) in [5.74, 6) is -0.212. The van der Waals surface area contributed by atoms with Crippen molar-refractivity contribution in [3.8, 4) is 5.75 Å². The van der Waals surface area contributed by atoms with Crippen molar-refractivity contribution in [1.29, 1.82) is 0 Å². The average Bonchev–Trinajstić information content (AvgIpc) is 2.80. The topological polar surface area (TPSA) is 59.0 Å². The maximum absolute atomic E-state index is 12.1. The van der Waals surface area contributed by atoms with Gasteiger partial charge in [0.15, 0.2) is 6.10 Å². The molecule has 0 aliphatic rings. The first kappa shape index (κ1) is 22.5. The Balaban J connectivity index is 1.75. The summed E-state index contributed by atoms with van der Waals surface area (Å²) >= 11 is 0. The van der Waals surface area contributed by atoms with Gasteiger partial charge in [0.25, 0.3) is 0 Å². The summed E-state index contributed by atoms with van der Waals surface area (Å²) in [5.41, 5.74) is 3.16. The number of ether oxygens (including phenoxy) is 2. The van der Waals surface area contributed by atoms with Gasteiger partial charge < -0.3 is 14.6 Å². The average molecular weight is 420 g/mol. The predicted octanol–water partition coefficient (Wildman–Crippen LogP) is 4.76. The molecule has 3 aromatic rings. The minimum absolute atomic E-state index is 0.218. The second-order valence-corrected chi connectivity index (χ2v) is 7.53. The lowest BCUT2D eigenvalue weighted by Crippen LogP contribution is -2.46. The summed E-state index contributed by atoms with van der Waals surface area (Å²) in [6, 6.07) is 27.3. The molecular formula is C26H29NO4. The second kappa shape index (κ2) is 11.3. The van der Waals surface area contributed by atoms with E-state index < -0.39 is 12.1 Å². The Morgan fingerprint density at radius 2 is 1.35 bits per heavy atom. The van der Waals surface area contributed by atoms with Gasteiger partial charge in [0.1, 0.15) is 5.75 Å². The van der Waals surface area contributed by atoms with Crippen LogP contribution in [-0.2, 0) is 29.2 Å². The van der Waals surface area contributed by atoms with E-state index in [4.69, 9.17) is 9.47 Å². The van der Waals surface area contributed by atoms with E-state index in [0.29, 0.717) is 13.1 Å². The van der Waals surface area contributed by atoms with Crippen LogP contribution in [-0.4, -0.2) is 35.2 Å². The van der Waals surface area contributed by atoms with Crippen LogP contribution < -0.4 is 4.74 Å². The molecule has 31 heavy (non-hydrogen) atoms. The molecule has 0 saturated carbocycles. The van der Waals surface area contributed by atoms with Gasteiger partial charge in [-0.1, -0.05) is 72.8 Å². The molecule has 3 rings (SSSR count). The molecule has 0 aliphatic heterocycles. The number of carboxylic acids is 1. The smallest absolute Gasteiger partial charge is 0.334 e. The van der Waals surface area contributed by atoms with Crippen molar-refractivity contribution in [1.82, 2.24) is 4.90 Å². The third-order valence-electron chi connectivity index (χ3n) is 5.30. The Morgan fingerprint density at radius 1 is 0.839 bits per heavy atom. The first-order valence-corrected chi connectivity index (χ1v) is 10.4.